The molecular formula is C15H18Cl2O3. The summed E-state index contributed by atoms with van der Waals surface area (Å²) in [6.07, 6.45) is 3.48. The zero-order valence-electron chi connectivity index (χ0n) is 11.5. The molecule has 1 aromatic carbocycles. The van der Waals surface area contributed by atoms with Gasteiger partial charge in [-0.1, -0.05) is 23.2 Å². The molecule has 1 aromatic rings. The minimum Gasteiger partial charge on any atom is -0.492 e. The summed E-state index contributed by atoms with van der Waals surface area (Å²) in [6.45, 7) is 3.17. The lowest BCUT2D eigenvalue weighted by Crippen LogP contribution is -2.09. The van der Waals surface area contributed by atoms with Crippen molar-refractivity contribution in [2.75, 3.05) is 13.2 Å². The molecule has 1 aliphatic heterocycles. The second-order valence-corrected chi connectivity index (χ2v) is 5.61. The van der Waals surface area contributed by atoms with Gasteiger partial charge in [-0.3, -0.25) is 4.79 Å². The Bertz CT molecular complexity index is 482. The molecule has 20 heavy (non-hydrogen) atoms. The third kappa shape index (κ3) is 3.87. The summed E-state index contributed by atoms with van der Waals surface area (Å²) in [5, 5.41) is 0.798. The van der Waals surface area contributed by atoms with Crippen molar-refractivity contribution in [3.05, 3.63) is 27.7 Å². The van der Waals surface area contributed by atoms with Gasteiger partial charge in [0, 0.05) is 24.7 Å². The van der Waals surface area contributed by atoms with E-state index in [0.29, 0.717) is 34.4 Å². The van der Waals surface area contributed by atoms with Crippen LogP contribution >= 0.6 is 23.2 Å². The molecule has 3 nitrogen and oxygen atoms in total. The Balaban J connectivity index is 2.03. The third-order valence-corrected chi connectivity index (χ3v) is 3.95. The minimum atomic E-state index is -0.00421. The summed E-state index contributed by atoms with van der Waals surface area (Å²) in [7, 11) is 0. The summed E-state index contributed by atoms with van der Waals surface area (Å²) in [5.41, 5.74) is 0.457. The molecule has 1 saturated heterocycles. The van der Waals surface area contributed by atoms with Crippen LogP contribution in [0.15, 0.2) is 12.1 Å². The first-order chi connectivity index (χ1) is 9.61. The van der Waals surface area contributed by atoms with E-state index in [0.717, 1.165) is 25.9 Å². The number of hydrogen-bond donors (Lipinski definition) is 0. The van der Waals surface area contributed by atoms with Crippen LogP contribution in [0, 0.1) is 0 Å². The molecule has 0 aromatic heterocycles. The lowest BCUT2D eigenvalue weighted by molar-refractivity contribution is 0.0859. The van der Waals surface area contributed by atoms with Gasteiger partial charge in [0.25, 0.3) is 0 Å². The number of carbonyl (C=O) groups excluding carboxylic acids is 1. The van der Waals surface area contributed by atoms with E-state index in [1.165, 1.54) is 0 Å². The monoisotopic (exact) mass is 316 g/mol. The van der Waals surface area contributed by atoms with E-state index in [4.69, 9.17) is 32.7 Å². The SMILES string of the molecule is CCOc1cc(Cl)c(C(=O)CCC2CCCO2)cc1Cl. The molecule has 1 aliphatic rings. The zero-order chi connectivity index (χ0) is 14.5. The highest BCUT2D eigenvalue weighted by Crippen LogP contribution is 2.32. The van der Waals surface area contributed by atoms with Crippen molar-refractivity contribution in [3.63, 3.8) is 0 Å². The van der Waals surface area contributed by atoms with Gasteiger partial charge < -0.3 is 9.47 Å². The first-order valence-corrected chi connectivity index (χ1v) is 7.64. The number of benzene rings is 1. The van der Waals surface area contributed by atoms with Gasteiger partial charge in [-0.2, -0.15) is 0 Å². The van der Waals surface area contributed by atoms with Crippen LogP contribution in [0.4, 0.5) is 0 Å². The largest absolute Gasteiger partial charge is 0.492 e. The standard InChI is InChI=1S/C15H18Cl2O3/c1-2-19-15-9-12(16)11(8-13(15)17)14(18)6-5-10-4-3-7-20-10/h8-10H,2-7H2,1H3. The number of Topliss-reactive ketones (excluding diaryl/α,β-unsaturated/α-hetero) is 1. The molecule has 2 rings (SSSR count). The van der Waals surface area contributed by atoms with Crippen LogP contribution in [0.25, 0.3) is 0 Å². The lowest BCUT2D eigenvalue weighted by atomic mass is 10.0. The summed E-state index contributed by atoms with van der Waals surface area (Å²) >= 11 is 12.2. The molecule has 0 amide bonds. The molecule has 0 aliphatic carbocycles. The second-order valence-electron chi connectivity index (χ2n) is 4.79. The van der Waals surface area contributed by atoms with Gasteiger partial charge in [0.15, 0.2) is 5.78 Å². The van der Waals surface area contributed by atoms with Crippen LogP contribution in [0.3, 0.4) is 0 Å². The van der Waals surface area contributed by atoms with Gasteiger partial charge in [-0.25, -0.2) is 0 Å². The molecule has 1 heterocycles. The first-order valence-electron chi connectivity index (χ1n) is 6.88. The third-order valence-electron chi connectivity index (χ3n) is 3.34. The van der Waals surface area contributed by atoms with Crippen molar-refractivity contribution in [1.82, 2.24) is 0 Å². The average molecular weight is 317 g/mol. The molecule has 5 heteroatoms. The summed E-state index contributed by atoms with van der Waals surface area (Å²) in [4.78, 5) is 12.2. The Morgan fingerprint density at radius 3 is 2.85 bits per heavy atom. The maximum absolute atomic E-state index is 12.2. The van der Waals surface area contributed by atoms with Crippen molar-refractivity contribution in [3.8, 4) is 5.75 Å². The molecule has 0 saturated carbocycles. The molecule has 0 radical (unpaired) electrons. The van der Waals surface area contributed by atoms with Crippen molar-refractivity contribution in [2.24, 2.45) is 0 Å². The van der Waals surface area contributed by atoms with Gasteiger partial charge in [0.1, 0.15) is 5.75 Å². The van der Waals surface area contributed by atoms with Gasteiger partial charge in [0.2, 0.25) is 0 Å². The summed E-state index contributed by atoms with van der Waals surface area (Å²) in [6, 6.07) is 3.19. The smallest absolute Gasteiger partial charge is 0.164 e. The van der Waals surface area contributed by atoms with Crippen molar-refractivity contribution >= 4 is 29.0 Å². The van der Waals surface area contributed by atoms with Crippen LogP contribution in [0.5, 0.6) is 5.75 Å². The Hall–Kier alpha value is -0.770. The van der Waals surface area contributed by atoms with E-state index >= 15 is 0 Å². The molecule has 1 fully saturated rings. The highest BCUT2D eigenvalue weighted by Gasteiger charge is 2.19. The summed E-state index contributed by atoms with van der Waals surface area (Å²) < 4.78 is 10.9. The van der Waals surface area contributed by atoms with E-state index in [1.54, 1.807) is 12.1 Å². The molecule has 0 spiro atoms. The van der Waals surface area contributed by atoms with Crippen molar-refractivity contribution in [1.29, 1.82) is 0 Å². The maximum atomic E-state index is 12.2. The highest BCUT2D eigenvalue weighted by atomic mass is 35.5. The van der Waals surface area contributed by atoms with Gasteiger partial charge >= 0.3 is 0 Å². The van der Waals surface area contributed by atoms with E-state index < -0.39 is 0 Å². The normalized spacial score (nSPS) is 18.2. The van der Waals surface area contributed by atoms with Crippen LogP contribution in [0.1, 0.15) is 43.0 Å². The van der Waals surface area contributed by atoms with Crippen LogP contribution < -0.4 is 4.74 Å². The maximum Gasteiger partial charge on any atom is 0.164 e. The Morgan fingerprint density at radius 2 is 2.20 bits per heavy atom. The highest BCUT2D eigenvalue weighted by molar-refractivity contribution is 6.36. The quantitative estimate of drug-likeness (QED) is 0.723. The Kier molecular flexibility index (Phi) is 5.70. The number of ketones is 1. The number of hydrogen-bond acceptors (Lipinski definition) is 3. The molecule has 1 unspecified atom stereocenters. The fourth-order valence-corrected chi connectivity index (χ4v) is 2.78. The van der Waals surface area contributed by atoms with Crippen molar-refractivity contribution < 1.29 is 14.3 Å². The van der Waals surface area contributed by atoms with Gasteiger partial charge in [-0.05, 0) is 32.3 Å². The minimum absolute atomic E-state index is 0.00421. The molecular weight excluding hydrogens is 299 g/mol. The fraction of sp³-hybridized carbons (Fsp3) is 0.533. The first kappa shape index (κ1) is 15.6. The van der Waals surface area contributed by atoms with Crippen LogP contribution in [0.2, 0.25) is 10.0 Å². The predicted molar refractivity (Wildman–Crippen MR) is 80.2 cm³/mol. The Morgan fingerprint density at radius 1 is 1.40 bits per heavy atom. The molecule has 0 N–H and O–H groups in total. The second kappa shape index (κ2) is 7.30. The van der Waals surface area contributed by atoms with Gasteiger partial charge in [0.05, 0.1) is 22.8 Å². The number of halogens is 2. The van der Waals surface area contributed by atoms with E-state index in [1.807, 2.05) is 6.92 Å². The van der Waals surface area contributed by atoms with E-state index in [-0.39, 0.29) is 11.9 Å². The number of carbonyl (C=O) groups is 1. The predicted octanol–water partition coefficient (Wildman–Crippen LogP) is 4.53. The fourth-order valence-electron chi connectivity index (χ4n) is 2.31. The van der Waals surface area contributed by atoms with Crippen LogP contribution in [-0.4, -0.2) is 25.1 Å². The van der Waals surface area contributed by atoms with Crippen molar-refractivity contribution in [2.45, 2.75) is 38.7 Å². The summed E-state index contributed by atoms with van der Waals surface area (Å²) in [5.74, 6) is 0.505. The number of ether oxygens (including phenoxy) is 2. The lowest BCUT2D eigenvalue weighted by Gasteiger charge is -2.11. The van der Waals surface area contributed by atoms with Crippen LogP contribution in [-0.2, 0) is 4.74 Å². The molecule has 1 atom stereocenters. The number of rotatable bonds is 6. The zero-order valence-corrected chi connectivity index (χ0v) is 13.0. The average Bonchev–Trinajstić information content (AvgIpc) is 2.93. The van der Waals surface area contributed by atoms with Gasteiger partial charge in [-0.15, -0.1) is 0 Å². The Labute approximate surface area is 129 Å². The van der Waals surface area contributed by atoms with E-state index in [9.17, 15) is 4.79 Å². The molecule has 110 valence electrons. The molecule has 0 bridgehead atoms. The van der Waals surface area contributed by atoms with E-state index in [2.05, 4.69) is 0 Å². The topological polar surface area (TPSA) is 35.5 Å².